The molecule has 1 aromatic carbocycles. The summed E-state index contributed by atoms with van der Waals surface area (Å²) in [6.07, 6.45) is -1.22. The van der Waals surface area contributed by atoms with Crippen LogP contribution < -0.4 is 16.5 Å². The van der Waals surface area contributed by atoms with E-state index in [1.807, 2.05) is 0 Å². The number of hydrogen-bond donors (Lipinski definition) is 3. The van der Waals surface area contributed by atoms with Crippen molar-refractivity contribution in [3.8, 4) is 0 Å². The second-order valence-corrected chi connectivity index (χ2v) is 7.48. The highest BCUT2D eigenvalue weighted by Gasteiger charge is 2.18. The first-order valence-corrected chi connectivity index (χ1v) is 7.83. The summed E-state index contributed by atoms with van der Waals surface area (Å²) >= 11 is 0. The number of amides is 2. The quantitative estimate of drug-likeness (QED) is 0.710. The van der Waals surface area contributed by atoms with Crippen LogP contribution in [0.5, 0.6) is 0 Å². The molecule has 4 N–H and O–H groups in total. The van der Waals surface area contributed by atoms with Gasteiger partial charge in [-0.05, 0) is 65.3 Å². The van der Waals surface area contributed by atoms with Crippen molar-refractivity contribution in [2.24, 2.45) is 5.90 Å². The van der Waals surface area contributed by atoms with Gasteiger partial charge in [0.05, 0.1) is 6.61 Å². The van der Waals surface area contributed by atoms with E-state index in [-0.39, 0.29) is 6.61 Å². The average Bonchev–Trinajstić information content (AvgIpc) is 2.33. The first kappa shape index (κ1) is 20.7. The lowest BCUT2D eigenvalue weighted by Crippen LogP contribution is -2.28. The summed E-state index contributed by atoms with van der Waals surface area (Å²) in [6.45, 7) is 10.7. The molecule has 0 heterocycles. The lowest BCUT2D eigenvalue weighted by molar-refractivity contribution is 0.0625. The van der Waals surface area contributed by atoms with Crippen molar-refractivity contribution in [2.75, 3.05) is 10.6 Å². The van der Waals surface area contributed by atoms with Gasteiger partial charge in [-0.1, -0.05) is 0 Å². The summed E-state index contributed by atoms with van der Waals surface area (Å²) in [7, 11) is 0. The van der Waals surface area contributed by atoms with E-state index < -0.39 is 23.4 Å². The van der Waals surface area contributed by atoms with Crippen molar-refractivity contribution in [3.63, 3.8) is 0 Å². The van der Waals surface area contributed by atoms with Crippen molar-refractivity contribution in [2.45, 2.75) is 59.4 Å². The third-order valence-electron chi connectivity index (χ3n) is 2.53. The monoisotopic (exact) mass is 353 g/mol. The molecule has 8 nitrogen and oxygen atoms in total. The van der Waals surface area contributed by atoms with E-state index >= 15 is 0 Å². The second-order valence-electron chi connectivity index (χ2n) is 7.48. The van der Waals surface area contributed by atoms with Gasteiger partial charge in [0.15, 0.2) is 0 Å². The Bertz CT molecular complexity index is 569. The normalized spacial score (nSPS) is 11.6. The van der Waals surface area contributed by atoms with E-state index in [0.717, 1.165) is 0 Å². The van der Waals surface area contributed by atoms with Gasteiger partial charge in [-0.15, -0.1) is 0 Å². The summed E-state index contributed by atoms with van der Waals surface area (Å²) in [5.74, 6) is 5.11. The lowest BCUT2D eigenvalue weighted by atomic mass is 10.1. The molecule has 1 rings (SSSR count). The molecular formula is C17H27N3O5. The van der Waals surface area contributed by atoms with Crippen molar-refractivity contribution in [1.82, 2.24) is 0 Å². The highest BCUT2D eigenvalue weighted by Crippen LogP contribution is 2.21. The number of nitrogens with two attached hydrogens (primary N) is 1. The minimum Gasteiger partial charge on any atom is -0.444 e. The predicted molar refractivity (Wildman–Crippen MR) is 95.1 cm³/mol. The fraction of sp³-hybridized carbons (Fsp3) is 0.529. The Morgan fingerprint density at radius 1 is 0.880 bits per heavy atom. The Balaban J connectivity index is 2.93. The Labute approximate surface area is 148 Å². The first-order chi connectivity index (χ1) is 11.4. The number of anilines is 2. The van der Waals surface area contributed by atoms with E-state index in [4.69, 9.17) is 15.4 Å². The molecule has 0 bridgehead atoms. The van der Waals surface area contributed by atoms with Gasteiger partial charge in [0, 0.05) is 11.4 Å². The SMILES string of the molecule is CC(C)(C)OC(=O)Nc1cc(CON)cc(NC(=O)OC(C)(C)C)c1. The van der Waals surface area contributed by atoms with Gasteiger partial charge in [0.2, 0.25) is 0 Å². The molecule has 1 aromatic rings. The number of carbonyl (C=O) groups is 2. The Hall–Kier alpha value is -2.32. The molecule has 2 amide bonds. The fourth-order valence-corrected chi connectivity index (χ4v) is 1.86. The number of rotatable bonds is 4. The molecule has 25 heavy (non-hydrogen) atoms. The number of ether oxygens (including phenoxy) is 2. The molecule has 0 radical (unpaired) electrons. The van der Waals surface area contributed by atoms with Gasteiger partial charge in [0.25, 0.3) is 0 Å². The molecule has 0 aliphatic heterocycles. The van der Waals surface area contributed by atoms with Crippen molar-refractivity contribution >= 4 is 23.6 Å². The predicted octanol–water partition coefficient (Wildman–Crippen LogP) is 3.77. The first-order valence-electron chi connectivity index (χ1n) is 7.83. The Morgan fingerprint density at radius 2 is 1.28 bits per heavy atom. The van der Waals surface area contributed by atoms with E-state index in [1.54, 1.807) is 59.7 Å². The van der Waals surface area contributed by atoms with Crippen LogP contribution in [0.25, 0.3) is 0 Å². The second kappa shape index (κ2) is 8.17. The number of benzene rings is 1. The smallest absolute Gasteiger partial charge is 0.412 e. The van der Waals surface area contributed by atoms with Crippen LogP contribution in [-0.4, -0.2) is 23.4 Å². The molecular weight excluding hydrogens is 326 g/mol. The van der Waals surface area contributed by atoms with Crippen LogP contribution in [0, 0.1) is 0 Å². The molecule has 0 atom stereocenters. The molecule has 0 spiro atoms. The van der Waals surface area contributed by atoms with Crippen molar-refractivity contribution < 1.29 is 23.9 Å². The zero-order chi connectivity index (χ0) is 19.3. The van der Waals surface area contributed by atoms with Crippen molar-refractivity contribution in [1.29, 1.82) is 0 Å². The average molecular weight is 353 g/mol. The summed E-state index contributed by atoms with van der Waals surface area (Å²) in [4.78, 5) is 28.5. The molecule has 0 unspecified atom stereocenters. The highest BCUT2D eigenvalue weighted by molar-refractivity contribution is 5.89. The maximum atomic E-state index is 11.9. The summed E-state index contributed by atoms with van der Waals surface area (Å²) in [5.41, 5.74) is 0.256. The van der Waals surface area contributed by atoms with Gasteiger partial charge in [-0.25, -0.2) is 15.5 Å². The minimum absolute atomic E-state index is 0.104. The van der Waals surface area contributed by atoms with Gasteiger partial charge in [-0.3, -0.25) is 15.5 Å². The van der Waals surface area contributed by atoms with E-state index in [1.165, 1.54) is 0 Å². The summed E-state index contributed by atoms with van der Waals surface area (Å²) in [6, 6.07) is 4.90. The number of nitrogens with one attached hydrogen (secondary N) is 2. The van der Waals surface area contributed by atoms with E-state index in [0.29, 0.717) is 16.9 Å². The Morgan fingerprint density at radius 3 is 1.60 bits per heavy atom. The van der Waals surface area contributed by atoms with Crippen LogP contribution in [0.3, 0.4) is 0 Å². The zero-order valence-corrected chi connectivity index (χ0v) is 15.6. The van der Waals surface area contributed by atoms with Crippen LogP contribution in [0.1, 0.15) is 47.1 Å². The molecule has 0 saturated carbocycles. The number of carbonyl (C=O) groups excluding carboxylic acids is 2. The standard InChI is InChI=1S/C17H27N3O5/c1-16(2,3)24-14(21)19-12-7-11(10-23-18)8-13(9-12)20-15(22)25-17(4,5)6/h7-9H,10,18H2,1-6H3,(H,19,21)(H,20,22). The van der Waals surface area contributed by atoms with Gasteiger partial charge >= 0.3 is 12.2 Å². The largest absolute Gasteiger partial charge is 0.444 e. The van der Waals surface area contributed by atoms with Gasteiger partial charge < -0.3 is 9.47 Å². The zero-order valence-electron chi connectivity index (χ0n) is 15.6. The Kier molecular flexibility index (Phi) is 6.78. The molecule has 0 aliphatic rings. The fourth-order valence-electron chi connectivity index (χ4n) is 1.86. The molecule has 140 valence electrons. The lowest BCUT2D eigenvalue weighted by Gasteiger charge is -2.21. The minimum atomic E-state index is -0.625. The molecule has 0 aliphatic carbocycles. The topological polar surface area (TPSA) is 112 Å². The van der Waals surface area contributed by atoms with Gasteiger partial charge in [-0.2, -0.15) is 0 Å². The molecule has 0 saturated heterocycles. The van der Waals surface area contributed by atoms with Crippen LogP contribution in [0.15, 0.2) is 18.2 Å². The van der Waals surface area contributed by atoms with E-state index in [2.05, 4.69) is 15.5 Å². The van der Waals surface area contributed by atoms with Crippen LogP contribution in [0.4, 0.5) is 21.0 Å². The van der Waals surface area contributed by atoms with Crippen molar-refractivity contribution in [3.05, 3.63) is 23.8 Å². The third kappa shape index (κ3) is 8.92. The van der Waals surface area contributed by atoms with Gasteiger partial charge in [0.1, 0.15) is 11.2 Å². The molecule has 0 fully saturated rings. The summed E-state index contributed by atoms with van der Waals surface area (Å²) in [5, 5.41) is 5.22. The van der Waals surface area contributed by atoms with Crippen LogP contribution >= 0.6 is 0 Å². The summed E-state index contributed by atoms with van der Waals surface area (Å²) < 4.78 is 10.4. The van der Waals surface area contributed by atoms with Crippen LogP contribution in [0.2, 0.25) is 0 Å². The highest BCUT2D eigenvalue weighted by atomic mass is 16.6. The third-order valence-corrected chi connectivity index (χ3v) is 2.53. The molecule has 0 aromatic heterocycles. The van der Waals surface area contributed by atoms with Crippen LogP contribution in [-0.2, 0) is 20.9 Å². The van der Waals surface area contributed by atoms with E-state index in [9.17, 15) is 9.59 Å². The molecule has 8 heteroatoms. The maximum absolute atomic E-state index is 11.9. The number of hydrogen-bond acceptors (Lipinski definition) is 6. The maximum Gasteiger partial charge on any atom is 0.412 e.